The molecule has 1 unspecified atom stereocenters. The van der Waals surface area contributed by atoms with Crippen LogP contribution < -0.4 is 10.5 Å². The van der Waals surface area contributed by atoms with Crippen LogP contribution in [0, 0.1) is 5.82 Å². The average Bonchev–Trinajstić information content (AvgIpc) is 2.38. The van der Waals surface area contributed by atoms with Gasteiger partial charge in [0.1, 0.15) is 0 Å². The smallest absolute Gasteiger partial charge is 0.170 e. The second-order valence-electron chi connectivity index (χ2n) is 4.65. The van der Waals surface area contributed by atoms with Crippen LogP contribution in [0.4, 0.5) is 4.39 Å². The van der Waals surface area contributed by atoms with Gasteiger partial charge in [-0.2, -0.15) is 0 Å². The maximum absolute atomic E-state index is 14.4. The lowest BCUT2D eigenvalue weighted by Crippen LogP contribution is -2.35. The summed E-state index contributed by atoms with van der Waals surface area (Å²) in [5.41, 5.74) is 6.26. The van der Waals surface area contributed by atoms with Crippen LogP contribution in [0.1, 0.15) is 18.1 Å². The number of methoxy groups -OCH3 is 1. The number of nitrogens with two attached hydrogens (primary N) is 1. The number of benzene rings is 2. The molecule has 1 atom stereocenters. The van der Waals surface area contributed by atoms with E-state index in [9.17, 15) is 4.39 Å². The zero-order valence-electron chi connectivity index (χ0n) is 11.1. The second kappa shape index (κ2) is 5.72. The first-order valence-electron chi connectivity index (χ1n) is 5.95. The van der Waals surface area contributed by atoms with Crippen LogP contribution in [-0.4, -0.2) is 7.11 Å². The van der Waals surface area contributed by atoms with Crippen molar-refractivity contribution in [2.75, 3.05) is 7.11 Å². The highest BCUT2D eigenvalue weighted by atomic mass is 79.9. The highest BCUT2D eigenvalue weighted by Gasteiger charge is 2.30. The first kappa shape index (κ1) is 15.3. The molecule has 5 heteroatoms. The lowest BCUT2D eigenvalue weighted by molar-refractivity contribution is 0.379. The molecule has 0 bridgehead atoms. The molecule has 0 aromatic heterocycles. The summed E-state index contributed by atoms with van der Waals surface area (Å²) in [5, 5.41) is 0.478. The van der Waals surface area contributed by atoms with Gasteiger partial charge in [-0.05, 0) is 30.7 Å². The van der Waals surface area contributed by atoms with Crippen molar-refractivity contribution in [3.05, 3.63) is 62.8 Å². The molecule has 0 heterocycles. The molecule has 20 heavy (non-hydrogen) atoms. The summed E-state index contributed by atoms with van der Waals surface area (Å²) in [6.07, 6.45) is 0. The number of ether oxygens (including phenoxy) is 1. The summed E-state index contributed by atoms with van der Waals surface area (Å²) in [4.78, 5) is 0. The van der Waals surface area contributed by atoms with Gasteiger partial charge in [0, 0.05) is 15.1 Å². The molecule has 0 saturated heterocycles. The van der Waals surface area contributed by atoms with Crippen LogP contribution in [0.3, 0.4) is 0 Å². The molecule has 0 amide bonds. The minimum atomic E-state index is -1.06. The SMILES string of the molecule is COc1cccc(C(C)(N)c2ccc(Br)cc2Cl)c1F. The van der Waals surface area contributed by atoms with Crippen LogP contribution in [0.15, 0.2) is 40.9 Å². The van der Waals surface area contributed by atoms with E-state index in [1.54, 1.807) is 37.3 Å². The Labute approximate surface area is 130 Å². The largest absolute Gasteiger partial charge is 0.494 e. The molecule has 0 saturated carbocycles. The molecule has 0 fully saturated rings. The Morgan fingerprint density at radius 1 is 1.25 bits per heavy atom. The Hall–Kier alpha value is -1.10. The Bertz CT molecular complexity index is 646. The number of hydrogen-bond donors (Lipinski definition) is 1. The van der Waals surface area contributed by atoms with Crippen molar-refractivity contribution in [3.8, 4) is 5.75 Å². The van der Waals surface area contributed by atoms with Crippen molar-refractivity contribution < 1.29 is 9.13 Å². The number of rotatable bonds is 3. The van der Waals surface area contributed by atoms with Gasteiger partial charge in [-0.25, -0.2) is 4.39 Å². The Balaban J connectivity index is 2.60. The first-order chi connectivity index (χ1) is 9.37. The van der Waals surface area contributed by atoms with E-state index in [0.29, 0.717) is 16.1 Å². The van der Waals surface area contributed by atoms with Gasteiger partial charge in [0.2, 0.25) is 0 Å². The van der Waals surface area contributed by atoms with E-state index in [-0.39, 0.29) is 5.75 Å². The van der Waals surface area contributed by atoms with Gasteiger partial charge < -0.3 is 10.5 Å². The normalized spacial score (nSPS) is 13.9. The van der Waals surface area contributed by atoms with E-state index in [0.717, 1.165) is 4.47 Å². The molecule has 0 aliphatic carbocycles. The van der Waals surface area contributed by atoms with Gasteiger partial charge in [0.05, 0.1) is 12.6 Å². The number of hydrogen-bond acceptors (Lipinski definition) is 2. The van der Waals surface area contributed by atoms with E-state index >= 15 is 0 Å². The molecule has 0 spiro atoms. The van der Waals surface area contributed by atoms with E-state index in [1.165, 1.54) is 7.11 Å². The summed E-state index contributed by atoms with van der Waals surface area (Å²) in [6.45, 7) is 1.72. The highest BCUT2D eigenvalue weighted by Crippen LogP contribution is 2.36. The van der Waals surface area contributed by atoms with Crippen molar-refractivity contribution in [2.24, 2.45) is 5.73 Å². The van der Waals surface area contributed by atoms with Gasteiger partial charge in [0.25, 0.3) is 0 Å². The fourth-order valence-corrected chi connectivity index (χ4v) is 2.99. The average molecular weight is 359 g/mol. The van der Waals surface area contributed by atoms with Gasteiger partial charge in [-0.15, -0.1) is 0 Å². The van der Waals surface area contributed by atoms with E-state index in [4.69, 9.17) is 22.1 Å². The fraction of sp³-hybridized carbons (Fsp3) is 0.200. The molecule has 2 nitrogen and oxygen atoms in total. The minimum absolute atomic E-state index is 0.160. The highest BCUT2D eigenvalue weighted by molar-refractivity contribution is 9.10. The molecule has 106 valence electrons. The fourth-order valence-electron chi connectivity index (χ4n) is 2.13. The van der Waals surface area contributed by atoms with Gasteiger partial charge in [-0.3, -0.25) is 0 Å². The number of halogens is 3. The predicted molar refractivity (Wildman–Crippen MR) is 82.7 cm³/mol. The summed E-state index contributed by atoms with van der Waals surface area (Å²) >= 11 is 9.56. The maximum Gasteiger partial charge on any atom is 0.170 e. The van der Waals surface area contributed by atoms with E-state index < -0.39 is 11.4 Å². The van der Waals surface area contributed by atoms with Crippen LogP contribution in [-0.2, 0) is 5.54 Å². The van der Waals surface area contributed by atoms with Crippen LogP contribution in [0.2, 0.25) is 5.02 Å². The van der Waals surface area contributed by atoms with Crippen LogP contribution >= 0.6 is 27.5 Å². The van der Waals surface area contributed by atoms with Crippen molar-refractivity contribution in [1.29, 1.82) is 0 Å². The van der Waals surface area contributed by atoms with Crippen molar-refractivity contribution in [2.45, 2.75) is 12.5 Å². The lowest BCUT2D eigenvalue weighted by atomic mass is 9.85. The van der Waals surface area contributed by atoms with Crippen LogP contribution in [0.25, 0.3) is 0 Å². The summed E-state index contributed by atoms with van der Waals surface area (Å²) in [6, 6.07) is 10.2. The molecular weight excluding hydrogens is 345 g/mol. The summed E-state index contributed by atoms with van der Waals surface area (Å²) in [5.74, 6) is -0.314. The Morgan fingerprint density at radius 2 is 1.95 bits per heavy atom. The molecule has 2 rings (SSSR count). The third-order valence-corrected chi connectivity index (χ3v) is 4.04. The molecule has 2 aromatic rings. The van der Waals surface area contributed by atoms with E-state index in [2.05, 4.69) is 15.9 Å². The standard InChI is InChI=1S/C15H14BrClFNO/c1-15(19,10-7-6-9(16)8-12(10)17)11-4-3-5-13(20-2)14(11)18/h3-8H,19H2,1-2H3. The van der Waals surface area contributed by atoms with Gasteiger partial charge in [0.15, 0.2) is 11.6 Å². The molecule has 2 N–H and O–H groups in total. The van der Waals surface area contributed by atoms with E-state index in [1.807, 2.05) is 6.07 Å². The first-order valence-corrected chi connectivity index (χ1v) is 7.12. The molecule has 0 radical (unpaired) electrons. The minimum Gasteiger partial charge on any atom is -0.494 e. The quantitative estimate of drug-likeness (QED) is 0.878. The topological polar surface area (TPSA) is 35.2 Å². The zero-order valence-corrected chi connectivity index (χ0v) is 13.4. The molecule has 0 aliphatic rings. The van der Waals surface area contributed by atoms with Gasteiger partial charge in [-0.1, -0.05) is 45.7 Å². The lowest BCUT2D eigenvalue weighted by Gasteiger charge is -2.28. The predicted octanol–water partition coefficient (Wildman–Crippen LogP) is 4.47. The van der Waals surface area contributed by atoms with Crippen LogP contribution in [0.5, 0.6) is 5.75 Å². The summed E-state index contributed by atoms with van der Waals surface area (Å²) in [7, 11) is 1.42. The maximum atomic E-state index is 14.4. The second-order valence-corrected chi connectivity index (χ2v) is 5.97. The molecule has 0 aliphatic heterocycles. The van der Waals surface area contributed by atoms with Crippen molar-refractivity contribution >= 4 is 27.5 Å². The molecular formula is C15H14BrClFNO. The summed E-state index contributed by atoms with van der Waals surface area (Å²) < 4.78 is 20.2. The van der Waals surface area contributed by atoms with Gasteiger partial charge >= 0.3 is 0 Å². The molecule has 2 aromatic carbocycles. The Kier molecular flexibility index (Phi) is 4.37. The van der Waals surface area contributed by atoms with Crippen molar-refractivity contribution in [3.63, 3.8) is 0 Å². The third-order valence-electron chi connectivity index (χ3n) is 3.23. The third kappa shape index (κ3) is 2.68. The van der Waals surface area contributed by atoms with Crippen molar-refractivity contribution in [1.82, 2.24) is 0 Å². The zero-order chi connectivity index (χ0) is 14.9. The Morgan fingerprint density at radius 3 is 2.55 bits per heavy atom. The monoisotopic (exact) mass is 357 g/mol.